The lowest BCUT2D eigenvalue weighted by Gasteiger charge is -2.28. The molecule has 1 aliphatic heterocycles. The molecular weight excluding hydrogens is 262 g/mol. The maximum Gasteiger partial charge on any atom is 0.157 e. The number of aryl methyl sites for hydroxylation is 1. The summed E-state index contributed by atoms with van der Waals surface area (Å²) in [6, 6.07) is 0.576. The fourth-order valence-corrected chi connectivity index (χ4v) is 3.61. The number of aromatic nitrogens is 1. The molecule has 100 valence electrons. The lowest BCUT2D eigenvalue weighted by Crippen LogP contribution is -2.41. The number of thiazole rings is 1. The molecule has 2 heterocycles. The van der Waals surface area contributed by atoms with Crippen molar-refractivity contribution < 1.29 is 0 Å². The van der Waals surface area contributed by atoms with Gasteiger partial charge in [-0.15, -0.1) is 11.3 Å². The van der Waals surface area contributed by atoms with Crippen LogP contribution in [-0.4, -0.2) is 21.9 Å². The molecular formula is C13H21N3S2. The van der Waals surface area contributed by atoms with Crippen LogP contribution >= 0.6 is 23.1 Å². The quantitative estimate of drug-likeness (QED) is 0.921. The Bertz CT molecular complexity index is 412. The lowest BCUT2D eigenvalue weighted by molar-refractivity contribution is 0.442. The number of nitrogens with zero attached hydrogens (tertiary/aromatic N) is 2. The number of hydrogen-bond acceptors (Lipinski definition) is 4. The molecule has 18 heavy (non-hydrogen) atoms. The Balaban J connectivity index is 1.92. The molecule has 5 heteroatoms. The molecule has 1 aromatic heterocycles. The van der Waals surface area contributed by atoms with Crippen molar-refractivity contribution in [3.05, 3.63) is 16.1 Å². The molecule has 0 radical (unpaired) electrons. The minimum absolute atomic E-state index is 0.576. The second-order valence-corrected chi connectivity index (χ2v) is 7.11. The van der Waals surface area contributed by atoms with Crippen molar-refractivity contribution in [3.63, 3.8) is 0 Å². The summed E-state index contributed by atoms with van der Waals surface area (Å²) in [6.07, 6.45) is 4.27. The molecule has 1 atom stereocenters. The Hall–Kier alpha value is -0.550. The third kappa shape index (κ3) is 3.72. The molecule has 1 fully saturated rings. The van der Waals surface area contributed by atoms with Gasteiger partial charge in [0.1, 0.15) is 5.01 Å². The third-order valence-corrected chi connectivity index (χ3v) is 5.18. The first kappa shape index (κ1) is 13.9. The molecule has 2 rings (SSSR count). The van der Waals surface area contributed by atoms with Crippen LogP contribution in [-0.2, 0) is 13.0 Å². The van der Waals surface area contributed by atoms with Crippen LogP contribution in [0.2, 0.25) is 0 Å². The number of aliphatic imine (C=N–C) groups is 1. The molecule has 1 N–H and O–H groups in total. The van der Waals surface area contributed by atoms with Gasteiger partial charge in [0.2, 0.25) is 0 Å². The Morgan fingerprint density at radius 1 is 1.56 bits per heavy atom. The molecule has 0 aliphatic carbocycles. The largest absolute Gasteiger partial charge is 0.362 e. The van der Waals surface area contributed by atoms with Crippen LogP contribution in [0.25, 0.3) is 0 Å². The van der Waals surface area contributed by atoms with Gasteiger partial charge in [-0.2, -0.15) is 0 Å². The minimum atomic E-state index is 0.576. The second kappa shape index (κ2) is 6.57. The van der Waals surface area contributed by atoms with E-state index in [9.17, 15) is 0 Å². The molecule has 1 saturated heterocycles. The highest BCUT2D eigenvalue weighted by Gasteiger charge is 2.19. The molecule has 1 aliphatic rings. The van der Waals surface area contributed by atoms with Crippen molar-refractivity contribution in [2.45, 2.75) is 46.2 Å². The summed E-state index contributed by atoms with van der Waals surface area (Å²) in [5.74, 6) is 1.84. The van der Waals surface area contributed by atoms with Crippen molar-refractivity contribution in [3.8, 4) is 0 Å². The molecule has 0 amide bonds. The summed E-state index contributed by atoms with van der Waals surface area (Å²) in [6.45, 7) is 7.40. The highest BCUT2D eigenvalue weighted by atomic mass is 32.2. The van der Waals surface area contributed by atoms with Crippen LogP contribution in [0.1, 0.15) is 37.1 Å². The molecule has 3 nitrogen and oxygen atoms in total. The van der Waals surface area contributed by atoms with Gasteiger partial charge >= 0.3 is 0 Å². The standard InChI is InChI=1S/C13H21N3S2/c1-4-10-7-14-12(18-10)8-15-13-16-11(9(2)3)5-6-17-13/h7,9,11H,4-6,8H2,1-3H3,(H,15,16). The van der Waals surface area contributed by atoms with E-state index in [-0.39, 0.29) is 0 Å². The number of thioether (sulfide) groups is 1. The van der Waals surface area contributed by atoms with Gasteiger partial charge in [-0.25, -0.2) is 4.98 Å². The summed E-state index contributed by atoms with van der Waals surface area (Å²) >= 11 is 3.61. The highest BCUT2D eigenvalue weighted by molar-refractivity contribution is 8.13. The van der Waals surface area contributed by atoms with E-state index in [1.165, 1.54) is 17.1 Å². The third-order valence-electron chi connectivity index (χ3n) is 3.09. The zero-order chi connectivity index (χ0) is 13.0. The van der Waals surface area contributed by atoms with Gasteiger partial charge in [-0.3, -0.25) is 4.99 Å². The maximum absolute atomic E-state index is 4.65. The molecule has 0 spiro atoms. The van der Waals surface area contributed by atoms with Crippen LogP contribution < -0.4 is 5.32 Å². The Kier molecular flexibility index (Phi) is 5.06. The molecule has 1 unspecified atom stereocenters. The van der Waals surface area contributed by atoms with Crippen molar-refractivity contribution >= 4 is 28.3 Å². The molecule has 0 aromatic carbocycles. The number of nitrogens with one attached hydrogen (secondary N) is 1. The normalized spacial score (nSPS) is 22.4. The average molecular weight is 283 g/mol. The smallest absolute Gasteiger partial charge is 0.157 e. The van der Waals surface area contributed by atoms with E-state index in [1.54, 1.807) is 11.3 Å². The molecule has 0 bridgehead atoms. The summed E-state index contributed by atoms with van der Waals surface area (Å²) in [4.78, 5) is 10.4. The van der Waals surface area contributed by atoms with Crippen molar-refractivity contribution in [2.75, 3.05) is 5.75 Å². The van der Waals surface area contributed by atoms with Crippen LogP contribution in [0.4, 0.5) is 0 Å². The first-order valence-electron chi connectivity index (χ1n) is 6.56. The summed E-state index contributed by atoms with van der Waals surface area (Å²) < 4.78 is 0. The number of amidine groups is 1. The van der Waals surface area contributed by atoms with Gasteiger partial charge in [0.25, 0.3) is 0 Å². The first-order valence-corrected chi connectivity index (χ1v) is 8.36. The van der Waals surface area contributed by atoms with Crippen molar-refractivity contribution in [1.29, 1.82) is 0 Å². The fraction of sp³-hybridized carbons (Fsp3) is 0.692. The molecule has 1 aromatic rings. The number of rotatable bonds is 4. The van der Waals surface area contributed by atoms with Crippen molar-refractivity contribution in [1.82, 2.24) is 10.3 Å². The van der Waals surface area contributed by atoms with Crippen LogP contribution in [0.3, 0.4) is 0 Å². The summed E-state index contributed by atoms with van der Waals surface area (Å²) in [5.41, 5.74) is 0. The zero-order valence-electron chi connectivity index (χ0n) is 11.3. The number of hydrogen-bond donors (Lipinski definition) is 1. The van der Waals surface area contributed by atoms with Gasteiger partial charge in [0.05, 0.1) is 6.54 Å². The zero-order valence-corrected chi connectivity index (χ0v) is 12.9. The van der Waals surface area contributed by atoms with E-state index in [2.05, 4.69) is 36.1 Å². The van der Waals surface area contributed by atoms with Crippen LogP contribution in [0.15, 0.2) is 11.2 Å². The maximum atomic E-state index is 4.65. The van der Waals surface area contributed by atoms with Crippen molar-refractivity contribution in [2.24, 2.45) is 10.9 Å². The first-order chi connectivity index (χ1) is 8.69. The predicted octanol–water partition coefficient (Wildman–Crippen LogP) is 3.31. The highest BCUT2D eigenvalue weighted by Crippen LogP contribution is 2.20. The Labute approximate surface area is 118 Å². The van der Waals surface area contributed by atoms with E-state index in [1.807, 2.05) is 18.0 Å². The van der Waals surface area contributed by atoms with Gasteiger partial charge in [-0.1, -0.05) is 32.5 Å². The topological polar surface area (TPSA) is 37.3 Å². The van der Waals surface area contributed by atoms with E-state index in [0.717, 1.165) is 16.6 Å². The van der Waals surface area contributed by atoms with E-state index in [4.69, 9.17) is 0 Å². The molecule has 0 saturated carbocycles. The van der Waals surface area contributed by atoms with Crippen LogP contribution in [0, 0.1) is 5.92 Å². The fourth-order valence-electron chi connectivity index (χ4n) is 1.87. The second-order valence-electron chi connectivity index (χ2n) is 4.83. The van der Waals surface area contributed by atoms with Gasteiger partial charge < -0.3 is 5.32 Å². The predicted molar refractivity (Wildman–Crippen MR) is 81.5 cm³/mol. The Morgan fingerprint density at radius 2 is 2.39 bits per heavy atom. The average Bonchev–Trinajstić information content (AvgIpc) is 2.84. The van der Waals surface area contributed by atoms with Gasteiger partial charge in [-0.05, 0) is 18.8 Å². The summed E-state index contributed by atoms with van der Waals surface area (Å²) in [5, 5.41) is 5.74. The SMILES string of the molecule is CCc1cnc(CN=C2NC(C(C)C)CCS2)s1. The van der Waals surface area contributed by atoms with E-state index >= 15 is 0 Å². The summed E-state index contributed by atoms with van der Waals surface area (Å²) in [7, 11) is 0. The minimum Gasteiger partial charge on any atom is -0.362 e. The van der Waals surface area contributed by atoms with Crippen LogP contribution in [0.5, 0.6) is 0 Å². The van der Waals surface area contributed by atoms with E-state index < -0.39 is 0 Å². The van der Waals surface area contributed by atoms with Gasteiger partial charge in [0, 0.05) is 22.9 Å². The monoisotopic (exact) mass is 283 g/mol. The van der Waals surface area contributed by atoms with E-state index in [0.29, 0.717) is 18.5 Å². The Morgan fingerprint density at radius 3 is 3.06 bits per heavy atom. The van der Waals surface area contributed by atoms with Gasteiger partial charge in [0.15, 0.2) is 5.17 Å². The lowest BCUT2D eigenvalue weighted by atomic mass is 10.0.